The van der Waals surface area contributed by atoms with E-state index in [-0.39, 0.29) is 11.2 Å². The summed E-state index contributed by atoms with van der Waals surface area (Å²) in [5.74, 6) is 0.237. The highest BCUT2D eigenvalue weighted by Gasteiger charge is 2.33. The van der Waals surface area contributed by atoms with Crippen molar-refractivity contribution in [3.8, 4) is 10.6 Å². The Kier molecular flexibility index (Phi) is 3.68. The van der Waals surface area contributed by atoms with E-state index in [0.717, 1.165) is 33.1 Å². The van der Waals surface area contributed by atoms with E-state index in [1.165, 1.54) is 11.3 Å². The Morgan fingerprint density at radius 3 is 2.62 bits per heavy atom. The second kappa shape index (κ2) is 5.35. The van der Waals surface area contributed by atoms with E-state index < -0.39 is 0 Å². The van der Waals surface area contributed by atoms with E-state index in [9.17, 15) is 4.79 Å². The number of ether oxygens (including phenoxy) is 1. The summed E-state index contributed by atoms with van der Waals surface area (Å²) in [6.07, 6.45) is 1.50. The van der Waals surface area contributed by atoms with Crippen LogP contribution in [0.2, 0.25) is 0 Å². The van der Waals surface area contributed by atoms with E-state index in [2.05, 4.69) is 13.8 Å². The summed E-state index contributed by atoms with van der Waals surface area (Å²) in [6, 6.07) is 8.19. The number of Topliss-reactive ketones (excluding diaryl/α,β-unsaturated/α-hetero) is 1. The molecular formula is C17H19NO2S. The number of hydrogen-bond donors (Lipinski definition) is 0. The lowest BCUT2D eigenvalue weighted by Crippen LogP contribution is -2.25. The van der Waals surface area contributed by atoms with Gasteiger partial charge in [-0.15, -0.1) is 11.3 Å². The Bertz CT molecular complexity index is 671. The average molecular weight is 301 g/mol. The minimum Gasteiger partial charge on any atom is -0.380 e. The molecule has 3 nitrogen and oxygen atoms in total. The number of hydrogen-bond acceptors (Lipinski definition) is 4. The SMILES string of the molecule is COCc1ccc(-c2nc3c(s2)C(=O)CC(C)(C)C3)cc1. The molecule has 0 aliphatic heterocycles. The van der Waals surface area contributed by atoms with Crippen LogP contribution in [-0.4, -0.2) is 17.9 Å². The number of benzene rings is 1. The fourth-order valence-electron chi connectivity index (χ4n) is 2.75. The van der Waals surface area contributed by atoms with Crippen molar-refractivity contribution < 1.29 is 9.53 Å². The summed E-state index contributed by atoms with van der Waals surface area (Å²) < 4.78 is 5.12. The summed E-state index contributed by atoms with van der Waals surface area (Å²) in [6.45, 7) is 4.88. The quantitative estimate of drug-likeness (QED) is 0.856. The predicted molar refractivity (Wildman–Crippen MR) is 84.7 cm³/mol. The van der Waals surface area contributed by atoms with Crippen LogP contribution in [0.15, 0.2) is 24.3 Å². The minimum absolute atomic E-state index is 0.0255. The van der Waals surface area contributed by atoms with Gasteiger partial charge in [-0.05, 0) is 17.4 Å². The van der Waals surface area contributed by atoms with Gasteiger partial charge in [-0.1, -0.05) is 38.1 Å². The molecule has 0 saturated carbocycles. The van der Waals surface area contributed by atoms with Crippen molar-refractivity contribution in [2.45, 2.75) is 33.3 Å². The molecule has 0 fully saturated rings. The minimum atomic E-state index is 0.0255. The highest BCUT2D eigenvalue weighted by Crippen LogP contribution is 2.39. The van der Waals surface area contributed by atoms with Crippen LogP contribution < -0.4 is 0 Å². The average Bonchev–Trinajstić information content (AvgIpc) is 2.82. The molecule has 4 heteroatoms. The lowest BCUT2D eigenvalue weighted by molar-refractivity contribution is 0.0916. The van der Waals surface area contributed by atoms with Gasteiger partial charge in [0.15, 0.2) is 5.78 Å². The maximum absolute atomic E-state index is 12.2. The molecule has 1 aliphatic rings. The second-order valence-electron chi connectivity index (χ2n) is 6.37. The molecule has 0 bridgehead atoms. The van der Waals surface area contributed by atoms with E-state index in [0.29, 0.717) is 13.0 Å². The van der Waals surface area contributed by atoms with Crippen LogP contribution in [0.25, 0.3) is 10.6 Å². The van der Waals surface area contributed by atoms with Crippen molar-refractivity contribution in [1.82, 2.24) is 4.98 Å². The van der Waals surface area contributed by atoms with Gasteiger partial charge in [0.05, 0.1) is 17.2 Å². The van der Waals surface area contributed by atoms with Crippen molar-refractivity contribution in [2.24, 2.45) is 5.41 Å². The van der Waals surface area contributed by atoms with Gasteiger partial charge in [0.2, 0.25) is 0 Å². The molecular weight excluding hydrogens is 282 g/mol. The van der Waals surface area contributed by atoms with Gasteiger partial charge in [-0.25, -0.2) is 4.98 Å². The molecule has 0 N–H and O–H groups in total. The second-order valence-corrected chi connectivity index (χ2v) is 7.36. The summed E-state index contributed by atoms with van der Waals surface area (Å²) in [4.78, 5) is 17.8. The molecule has 2 aromatic rings. The maximum Gasteiger partial charge on any atom is 0.175 e. The molecule has 0 unspecified atom stereocenters. The molecule has 1 heterocycles. The summed E-state index contributed by atoms with van der Waals surface area (Å²) >= 11 is 1.52. The fourth-order valence-corrected chi connectivity index (χ4v) is 3.78. The molecule has 3 rings (SSSR count). The Labute approximate surface area is 129 Å². The van der Waals surface area contributed by atoms with Gasteiger partial charge in [0.25, 0.3) is 0 Å². The number of aromatic nitrogens is 1. The van der Waals surface area contributed by atoms with E-state index in [1.54, 1.807) is 7.11 Å². The first kappa shape index (κ1) is 14.4. The molecule has 0 atom stereocenters. The normalized spacial score (nSPS) is 16.8. The van der Waals surface area contributed by atoms with E-state index in [4.69, 9.17) is 9.72 Å². The van der Waals surface area contributed by atoms with Crippen molar-refractivity contribution in [1.29, 1.82) is 0 Å². The van der Waals surface area contributed by atoms with Crippen LogP contribution in [0.1, 0.15) is 41.2 Å². The van der Waals surface area contributed by atoms with Crippen LogP contribution in [0, 0.1) is 5.41 Å². The van der Waals surface area contributed by atoms with E-state index >= 15 is 0 Å². The Balaban J connectivity index is 1.93. The van der Waals surface area contributed by atoms with E-state index in [1.807, 2.05) is 24.3 Å². The molecule has 0 saturated heterocycles. The summed E-state index contributed by atoms with van der Waals surface area (Å²) in [5, 5.41) is 0.940. The summed E-state index contributed by atoms with van der Waals surface area (Å²) in [7, 11) is 1.69. The smallest absolute Gasteiger partial charge is 0.175 e. The topological polar surface area (TPSA) is 39.2 Å². The standard InChI is InChI=1S/C17H19NO2S/c1-17(2)8-13-15(14(19)9-17)21-16(18-13)12-6-4-11(5-7-12)10-20-3/h4-7H,8-10H2,1-3H3. The number of methoxy groups -OCH3 is 1. The van der Waals surface area contributed by atoms with Gasteiger partial charge in [0.1, 0.15) is 5.01 Å². The van der Waals surface area contributed by atoms with Crippen molar-refractivity contribution >= 4 is 17.1 Å². The van der Waals surface area contributed by atoms with Crippen LogP contribution in [0.3, 0.4) is 0 Å². The number of ketones is 1. The number of carbonyl (C=O) groups excluding carboxylic acids is 1. The van der Waals surface area contributed by atoms with Gasteiger partial charge in [0, 0.05) is 19.1 Å². The number of rotatable bonds is 3. The molecule has 0 spiro atoms. The van der Waals surface area contributed by atoms with Gasteiger partial charge in [-0.3, -0.25) is 4.79 Å². The first-order valence-electron chi connectivity index (χ1n) is 7.10. The summed E-state index contributed by atoms with van der Waals surface area (Å²) in [5.41, 5.74) is 3.20. The fraction of sp³-hybridized carbons (Fsp3) is 0.412. The van der Waals surface area contributed by atoms with Crippen LogP contribution >= 0.6 is 11.3 Å². The Morgan fingerprint density at radius 1 is 1.24 bits per heavy atom. The lowest BCUT2D eigenvalue weighted by atomic mass is 9.78. The zero-order valence-corrected chi connectivity index (χ0v) is 13.4. The first-order chi connectivity index (χ1) is 9.98. The van der Waals surface area contributed by atoms with Crippen LogP contribution in [-0.2, 0) is 17.8 Å². The van der Waals surface area contributed by atoms with Crippen LogP contribution in [0.5, 0.6) is 0 Å². The van der Waals surface area contributed by atoms with Crippen molar-refractivity contribution in [3.05, 3.63) is 40.4 Å². The molecule has 1 aromatic carbocycles. The molecule has 1 aromatic heterocycles. The largest absolute Gasteiger partial charge is 0.380 e. The monoisotopic (exact) mass is 301 g/mol. The zero-order valence-electron chi connectivity index (χ0n) is 12.6. The van der Waals surface area contributed by atoms with Gasteiger partial charge >= 0.3 is 0 Å². The number of carbonyl (C=O) groups is 1. The Morgan fingerprint density at radius 2 is 1.95 bits per heavy atom. The third kappa shape index (κ3) is 2.92. The first-order valence-corrected chi connectivity index (χ1v) is 7.91. The molecule has 0 amide bonds. The number of thiazole rings is 1. The highest BCUT2D eigenvalue weighted by atomic mass is 32.1. The molecule has 1 aliphatic carbocycles. The Hall–Kier alpha value is -1.52. The molecule has 21 heavy (non-hydrogen) atoms. The third-order valence-corrected chi connectivity index (χ3v) is 4.94. The number of fused-ring (bicyclic) bond motifs is 1. The lowest BCUT2D eigenvalue weighted by Gasteiger charge is -2.26. The molecule has 0 radical (unpaired) electrons. The van der Waals surface area contributed by atoms with Gasteiger partial charge in [-0.2, -0.15) is 0 Å². The molecule has 110 valence electrons. The zero-order chi connectivity index (χ0) is 15.0. The predicted octanol–water partition coefficient (Wildman–Crippen LogP) is 4.11. The van der Waals surface area contributed by atoms with Crippen molar-refractivity contribution in [3.63, 3.8) is 0 Å². The highest BCUT2D eigenvalue weighted by molar-refractivity contribution is 7.17. The third-order valence-electron chi connectivity index (χ3n) is 3.75. The van der Waals surface area contributed by atoms with Crippen molar-refractivity contribution in [2.75, 3.05) is 7.11 Å². The van der Waals surface area contributed by atoms with Crippen LogP contribution in [0.4, 0.5) is 0 Å². The maximum atomic E-state index is 12.2. The number of nitrogens with zero attached hydrogens (tertiary/aromatic N) is 1. The van der Waals surface area contributed by atoms with Gasteiger partial charge < -0.3 is 4.74 Å².